The van der Waals surface area contributed by atoms with Gasteiger partial charge >= 0.3 is 0 Å². The third-order valence-corrected chi connectivity index (χ3v) is 4.99. The van der Waals surface area contributed by atoms with Crippen LogP contribution in [0.15, 0.2) is 59.7 Å². The molecule has 4 nitrogen and oxygen atoms in total. The third-order valence-electron chi connectivity index (χ3n) is 4.99. The summed E-state index contributed by atoms with van der Waals surface area (Å²) in [6, 6.07) is 8.40. The average Bonchev–Trinajstić information content (AvgIpc) is 2.90. The van der Waals surface area contributed by atoms with E-state index >= 15 is 0 Å². The van der Waals surface area contributed by atoms with Crippen LogP contribution in [0.2, 0.25) is 0 Å². The zero-order valence-electron chi connectivity index (χ0n) is 25.5. The van der Waals surface area contributed by atoms with Crippen molar-refractivity contribution < 1.29 is 9.53 Å². The van der Waals surface area contributed by atoms with E-state index in [0.717, 1.165) is 62.9 Å². The lowest BCUT2D eigenvalue weighted by atomic mass is 9.89. The van der Waals surface area contributed by atoms with Gasteiger partial charge in [-0.1, -0.05) is 96.9 Å². The second-order valence-corrected chi connectivity index (χ2v) is 8.07. The molecule has 0 aromatic heterocycles. The summed E-state index contributed by atoms with van der Waals surface area (Å²) in [6.45, 7) is 19.5. The first-order valence-electron chi connectivity index (χ1n) is 13.9. The van der Waals surface area contributed by atoms with Gasteiger partial charge in [0.1, 0.15) is 12.0 Å². The summed E-state index contributed by atoms with van der Waals surface area (Å²) in [4.78, 5) is 13.3. The fraction of sp³-hybridized carbons (Fsp3) is 0.594. The van der Waals surface area contributed by atoms with Crippen molar-refractivity contribution in [2.24, 2.45) is 0 Å². The Morgan fingerprint density at radius 2 is 1.69 bits per heavy atom. The number of carbonyl (C=O) groups is 1. The second-order valence-electron chi connectivity index (χ2n) is 8.07. The molecule has 208 valence electrons. The summed E-state index contributed by atoms with van der Waals surface area (Å²) >= 11 is 0. The summed E-state index contributed by atoms with van der Waals surface area (Å²) in [7, 11) is 5.95. The van der Waals surface area contributed by atoms with Crippen LogP contribution in [0.1, 0.15) is 92.6 Å². The molecule has 0 heterocycles. The zero-order chi connectivity index (χ0) is 28.2. The fourth-order valence-corrected chi connectivity index (χ4v) is 3.51. The van der Waals surface area contributed by atoms with Crippen LogP contribution in [0.4, 0.5) is 0 Å². The molecule has 1 atom stereocenters. The SMILES string of the molecule is C/C=C\C(C=O)=C/C/C=C(\CCC)CC(CN(C)C)c1cccc(OC)c1.CC.CC.CCNCC. The lowest BCUT2D eigenvalue weighted by molar-refractivity contribution is -0.104. The van der Waals surface area contributed by atoms with Crippen LogP contribution in [0.5, 0.6) is 5.75 Å². The predicted octanol–water partition coefficient (Wildman–Crippen LogP) is 8.22. The van der Waals surface area contributed by atoms with Crippen molar-refractivity contribution in [1.29, 1.82) is 0 Å². The quantitative estimate of drug-likeness (QED) is 0.120. The first kappa shape index (κ1) is 38.4. The molecule has 1 unspecified atom stereocenters. The number of nitrogens with zero attached hydrogens (tertiary/aromatic N) is 1. The van der Waals surface area contributed by atoms with Gasteiger partial charge in [0.25, 0.3) is 0 Å². The molecule has 1 N–H and O–H groups in total. The van der Waals surface area contributed by atoms with Gasteiger partial charge in [-0.2, -0.15) is 0 Å². The van der Waals surface area contributed by atoms with Gasteiger partial charge in [0.2, 0.25) is 0 Å². The van der Waals surface area contributed by atoms with Crippen molar-refractivity contribution in [2.75, 3.05) is 40.8 Å². The second kappa shape index (κ2) is 29.1. The predicted molar refractivity (Wildman–Crippen MR) is 162 cm³/mol. The van der Waals surface area contributed by atoms with Gasteiger partial charge in [-0.05, 0) is 71.1 Å². The Bertz CT molecular complexity index is 704. The molecule has 0 saturated heterocycles. The van der Waals surface area contributed by atoms with E-state index in [1.807, 2.05) is 58.9 Å². The van der Waals surface area contributed by atoms with E-state index in [1.165, 1.54) is 11.1 Å². The van der Waals surface area contributed by atoms with Crippen LogP contribution in [0.25, 0.3) is 0 Å². The number of rotatable bonds is 14. The van der Waals surface area contributed by atoms with Crippen LogP contribution in [0, 0.1) is 0 Å². The normalized spacial score (nSPS) is 12.0. The highest BCUT2D eigenvalue weighted by molar-refractivity contribution is 5.77. The average molecular weight is 503 g/mol. The third kappa shape index (κ3) is 21.1. The first-order chi connectivity index (χ1) is 17.4. The van der Waals surface area contributed by atoms with Crippen LogP contribution in [0.3, 0.4) is 0 Å². The summed E-state index contributed by atoms with van der Waals surface area (Å²) in [5.74, 6) is 1.32. The van der Waals surface area contributed by atoms with Gasteiger partial charge in [0.05, 0.1) is 7.11 Å². The summed E-state index contributed by atoms with van der Waals surface area (Å²) in [5, 5.41) is 3.11. The number of methoxy groups -OCH3 is 1. The summed E-state index contributed by atoms with van der Waals surface area (Å²) < 4.78 is 5.41. The van der Waals surface area contributed by atoms with Crippen molar-refractivity contribution in [1.82, 2.24) is 10.2 Å². The van der Waals surface area contributed by atoms with Gasteiger partial charge < -0.3 is 15.0 Å². The maximum Gasteiger partial charge on any atom is 0.149 e. The molecular weight excluding hydrogens is 444 g/mol. The molecule has 36 heavy (non-hydrogen) atoms. The minimum Gasteiger partial charge on any atom is -0.497 e. The Balaban J connectivity index is -0.00000105. The lowest BCUT2D eigenvalue weighted by Gasteiger charge is -2.23. The Morgan fingerprint density at radius 3 is 2.14 bits per heavy atom. The van der Waals surface area contributed by atoms with E-state index in [4.69, 9.17) is 4.74 Å². The van der Waals surface area contributed by atoms with E-state index in [-0.39, 0.29) is 0 Å². The smallest absolute Gasteiger partial charge is 0.149 e. The highest BCUT2D eigenvalue weighted by atomic mass is 16.5. The molecule has 1 aromatic rings. The Kier molecular flexibility index (Phi) is 31.0. The van der Waals surface area contributed by atoms with Crippen molar-refractivity contribution in [2.45, 2.75) is 87.0 Å². The number of benzene rings is 1. The van der Waals surface area contributed by atoms with E-state index in [1.54, 1.807) is 7.11 Å². The minimum absolute atomic E-state index is 0.415. The maximum absolute atomic E-state index is 11.1. The lowest BCUT2D eigenvalue weighted by Crippen LogP contribution is -2.21. The van der Waals surface area contributed by atoms with Crippen molar-refractivity contribution in [3.8, 4) is 5.75 Å². The number of hydrogen-bond acceptors (Lipinski definition) is 4. The molecule has 0 radical (unpaired) electrons. The molecule has 0 fully saturated rings. The molecule has 0 amide bonds. The van der Waals surface area contributed by atoms with E-state index in [9.17, 15) is 4.79 Å². The van der Waals surface area contributed by atoms with Gasteiger partial charge in [0.15, 0.2) is 0 Å². The molecule has 0 aliphatic carbocycles. The highest BCUT2D eigenvalue weighted by Gasteiger charge is 2.15. The molecule has 4 heteroatoms. The van der Waals surface area contributed by atoms with E-state index in [2.05, 4.69) is 69.4 Å². The van der Waals surface area contributed by atoms with Crippen LogP contribution < -0.4 is 10.1 Å². The number of likely N-dealkylation sites (N-methyl/N-ethyl adjacent to an activating group) is 1. The monoisotopic (exact) mass is 502 g/mol. The van der Waals surface area contributed by atoms with Crippen LogP contribution in [-0.4, -0.2) is 52.0 Å². The number of hydrogen-bond donors (Lipinski definition) is 1. The standard InChI is InChI=1S/C24H35NO2.C4H11N.2C2H6/c1-6-10-20(12-8-13-21(19-26)11-7-2)16-23(18-25(3)4)22-14-9-15-24(17-22)27-5;1-3-5-4-2;2*1-2/h7,9,11-15,17,19,23H,6,8,10,16,18H2,1-5H3;5H,3-4H2,1-2H3;2*1-2H3/b11-7-,20-12+,21-13+;;;. The molecule has 0 saturated carbocycles. The maximum atomic E-state index is 11.1. The van der Waals surface area contributed by atoms with Crippen molar-refractivity contribution >= 4 is 6.29 Å². The largest absolute Gasteiger partial charge is 0.497 e. The molecule has 0 spiro atoms. The minimum atomic E-state index is 0.415. The highest BCUT2D eigenvalue weighted by Crippen LogP contribution is 2.29. The van der Waals surface area contributed by atoms with Gasteiger partial charge in [-0.3, -0.25) is 4.79 Å². The summed E-state index contributed by atoms with van der Waals surface area (Å²) in [6.07, 6.45) is 13.0. The number of carbonyl (C=O) groups excluding carboxylic acids is 1. The van der Waals surface area contributed by atoms with Gasteiger partial charge in [0, 0.05) is 18.0 Å². The Labute approximate surface area is 224 Å². The molecule has 1 aromatic carbocycles. The number of ether oxygens (including phenoxy) is 1. The number of nitrogens with one attached hydrogen (secondary N) is 1. The first-order valence-corrected chi connectivity index (χ1v) is 13.9. The molecule has 0 aliphatic rings. The number of allylic oxidation sites excluding steroid dienone is 6. The zero-order valence-corrected chi connectivity index (χ0v) is 25.5. The molecular formula is C32H58N2O2. The number of aldehydes is 1. The molecule has 1 rings (SSSR count). The van der Waals surface area contributed by atoms with E-state index in [0.29, 0.717) is 5.92 Å². The van der Waals surface area contributed by atoms with Crippen molar-refractivity contribution in [3.63, 3.8) is 0 Å². The van der Waals surface area contributed by atoms with Crippen LogP contribution in [-0.2, 0) is 4.79 Å². The Hall–Kier alpha value is -2.17. The van der Waals surface area contributed by atoms with Gasteiger partial charge in [-0.25, -0.2) is 0 Å². The molecule has 0 bridgehead atoms. The van der Waals surface area contributed by atoms with E-state index < -0.39 is 0 Å². The van der Waals surface area contributed by atoms with Gasteiger partial charge in [-0.15, -0.1) is 0 Å². The van der Waals surface area contributed by atoms with Crippen LogP contribution >= 0.6 is 0 Å². The fourth-order valence-electron chi connectivity index (χ4n) is 3.51. The topological polar surface area (TPSA) is 41.6 Å². The molecule has 0 aliphatic heterocycles. The summed E-state index contributed by atoms with van der Waals surface area (Å²) in [5.41, 5.74) is 3.50. The van der Waals surface area contributed by atoms with Crippen molar-refractivity contribution in [3.05, 3.63) is 65.3 Å². The Morgan fingerprint density at radius 1 is 1.06 bits per heavy atom.